The summed E-state index contributed by atoms with van der Waals surface area (Å²) in [5, 5.41) is 0. The normalized spacial score (nSPS) is 11.1. The van der Waals surface area contributed by atoms with Crippen molar-refractivity contribution in [1.29, 1.82) is 0 Å². The lowest BCUT2D eigenvalue weighted by molar-refractivity contribution is 1.07. The molecule has 62 heavy (non-hydrogen) atoms. The minimum Gasteiger partial charge on any atom is -0.256 e. The van der Waals surface area contributed by atoms with Crippen LogP contribution in [-0.4, -0.2) is 34.9 Å². The molecule has 294 valence electrons. The van der Waals surface area contributed by atoms with Gasteiger partial charge in [0.15, 0.2) is 34.9 Å². The third kappa shape index (κ3) is 7.78. The quantitative estimate of drug-likeness (QED) is 0.144. The molecule has 0 aliphatic carbocycles. The van der Waals surface area contributed by atoms with Gasteiger partial charge in [-0.2, -0.15) is 0 Å². The van der Waals surface area contributed by atoms with Gasteiger partial charge in [0.25, 0.3) is 0 Å². The van der Waals surface area contributed by atoms with Crippen LogP contribution in [0.1, 0.15) is 11.1 Å². The third-order valence-electron chi connectivity index (χ3n) is 10.8. The van der Waals surface area contributed by atoms with E-state index in [1.807, 2.05) is 85.1 Å². The first-order valence-electron chi connectivity index (χ1n) is 20.6. The average molecular weight is 798 g/mol. The van der Waals surface area contributed by atoms with Gasteiger partial charge < -0.3 is 0 Å². The minimum atomic E-state index is 0.586. The van der Waals surface area contributed by atoms with Crippen molar-refractivity contribution < 1.29 is 0 Å². The van der Waals surface area contributed by atoms with Gasteiger partial charge in [0, 0.05) is 45.1 Å². The Morgan fingerprint density at radius 3 is 1.11 bits per heavy atom. The van der Waals surface area contributed by atoms with E-state index < -0.39 is 0 Å². The predicted octanol–water partition coefficient (Wildman–Crippen LogP) is 13.1. The zero-order valence-electron chi connectivity index (χ0n) is 34.2. The van der Waals surface area contributed by atoms with Crippen molar-refractivity contribution in [3.63, 3.8) is 0 Å². The van der Waals surface area contributed by atoms with E-state index in [4.69, 9.17) is 34.9 Å². The first kappa shape index (κ1) is 37.9. The molecule has 7 heteroatoms. The molecule has 0 aliphatic rings. The van der Waals surface area contributed by atoms with Gasteiger partial charge in [0.05, 0.1) is 5.69 Å². The van der Waals surface area contributed by atoms with Crippen LogP contribution in [0.3, 0.4) is 0 Å². The number of nitrogens with zero attached hydrogens (tertiary/aromatic N) is 7. The number of rotatable bonds is 9. The Kier molecular flexibility index (Phi) is 10.3. The van der Waals surface area contributed by atoms with Crippen LogP contribution in [0, 0.1) is 13.8 Å². The molecule has 10 rings (SSSR count). The third-order valence-corrected chi connectivity index (χ3v) is 10.8. The van der Waals surface area contributed by atoms with Crippen molar-refractivity contribution in [2.45, 2.75) is 13.8 Å². The van der Waals surface area contributed by atoms with Crippen molar-refractivity contribution in [2.75, 3.05) is 0 Å². The first-order chi connectivity index (χ1) is 30.5. The van der Waals surface area contributed by atoms with Crippen molar-refractivity contribution in [2.24, 2.45) is 0 Å². The molecule has 0 saturated carbocycles. The zero-order chi connectivity index (χ0) is 41.8. The molecule has 0 unspecified atom stereocenters. The Balaban J connectivity index is 1.13. The van der Waals surface area contributed by atoms with Gasteiger partial charge in [0.1, 0.15) is 0 Å². The lowest BCUT2D eigenvalue weighted by atomic mass is 9.87. The smallest absolute Gasteiger partial charge is 0.164 e. The molecule has 0 amide bonds. The fourth-order valence-electron chi connectivity index (χ4n) is 7.62. The van der Waals surface area contributed by atoms with Crippen molar-refractivity contribution in [3.8, 4) is 102 Å². The standard InChI is InChI=1S/C55H39N7/c1-36-23-27-41(28-24-36)52-57-50(39-14-5-3-6-15-39)58-53(60-52)43-33-31-38(32-34-43)49-45(20-13-21-47(49)48-22-11-12-35-56-48)44-18-9-10-19-46(44)55-61-51(40-16-7-4-8-17-40)59-54(62-55)42-29-25-37(2)26-30-42/h3-35H,1-2H3. The van der Waals surface area contributed by atoms with Crippen LogP contribution in [0.2, 0.25) is 0 Å². The Morgan fingerprint density at radius 2 is 0.629 bits per heavy atom. The number of aryl methyl sites for hydroxylation is 2. The van der Waals surface area contributed by atoms with E-state index in [0.717, 1.165) is 66.9 Å². The summed E-state index contributed by atoms with van der Waals surface area (Å²) < 4.78 is 0. The molecule has 0 N–H and O–H groups in total. The van der Waals surface area contributed by atoms with Gasteiger partial charge in [-0.25, -0.2) is 29.9 Å². The first-order valence-corrected chi connectivity index (χ1v) is 20.6. The van der Waals surface area contributed by atoms with E-state index in [1.165, 1.54) is 11.1 Å². The number of hydrogen-bond acceptors (Lipinski definition) is 7. The molecule has 0 saturated heterocycles. The molecule has 0 spiro atoms. The minimum absolute atomic E-state index is 0.586. The van der Waals surface area contributed by atoms with Crippen LogP contribution in [0.25, 0.3) is 102 Å². The SMILES string of the molecule is Cc1ccc(-c2nc(-c3ccccc3)nc(-c3ccc(-c4c(-c5ccccn5)cccc4-c4ccccc4-c4nc(-c5ccccc5)nc(-c5ccc(C)cc5)n4)cc3)n2)cc1. The van der Waals surface area contributed by atoms with Crippen LogP contribution >= 0.6 is 0 Å². The van der Waals surface area contributed by atoms with Gasteiger partial charge in [-0.1, -0.05) is 193 Å². The van der Waals surface area contributed by atoms with Crippen LogP contribution in [0.5, 0.6) is 0 Å². The maximum atomic E-state index is 5.15. The maximum Gasteiger partial charge on any atom is 0.164 e. The molecule has 0 aliphatic heterocycles. The van der Waals surface area contributed by atoms with Crippen LogP contribution in [-0.2, 0) is 0 Å². The van der Waals surface area contributed by atoms with E-state index in [0.29, 0.717) is 34.9 Å². The fourth-order valence-corrected chi connectivity index (χ4v) is 7.62. The summed E-state index contributed by atoms with van der Waals surface area (Å²) in [6.07, 6.45) is 1.84. The summed E-state index contributed by atoms with van der Waals surface area (Å²) >= 11 is 0. The summed E-state index contributed by atoms with van der Waals surface area (Å²) in [5.74, 6) is 3.64. The Bertz CT molecular complexity index is 3150. The zero-order valence-corrected chi connectivity index (χ0v) is 34.2. The van der Waals surface area contributed by atoms with Crippen molar-refractivity contribution in [1.82, 2.24) is 34.9 Å². The summed E-state index contributed by atoms with van der Waals surface area (Å²) in [6.45, 7) is 4.16. The summed E-state index contributed by atoms with van der Waals surface area (Å²) in [6, 6.07) is 65.9. The monoisotopic (exact) mass is 797 g/mol. The highest BCUT2D eigenvalue weighted by atomic mass is 15.0. The van der Waals surface area contributed by atoms with E-state index in [1.54, 1.807) is 0 Å². The largest absolute Gasteiger partial charge is 0.256 e. The van der Waals surface area contributed by atoms with E-state index in [2.05, 4.69) is 129 Å². The lowest BCUT2D eigenvalue weighted by Gasteiger charge is -2.18. The second-order valence-electron chi connectivity index (χ2n) is 15.1. The Morgan fingerprint density at radius 1 is 0.258 bits per heavy atom. The molecule has 0 radical (unpaired) electrons. The summed E-state index contributed by atoms with van der Waals surface area (Å²) in [7, 11) is 0. The Hall–Kier alpha value is -8.29. The molecule has 3 aromatic heterocycles. The Labute approximate surface area is 360 Å². The highest BCUT2D eigenvalue weighted by molar-refractivity contribution is 5.97. The highest BCUT2D eigenvalue weighted by Gasteiger charge is 2.21. The summed E-state index contributed by atoms with van der Waals surface area (Å²) in [4.78, 5) is 35.1. The highest BCUT2D eigenvalue weighted by Crippen LogP contribution is 2.43. The van der Waals surface area contributed by atoms with Gasteiger partial charge >= 0.3 is 0 Å². The molecule has 0 atom stereocenters. The molecule has 0 bridgehead atoms. The number of benzene rings is 7. The van der Waals surface area contributed by atoms with Crippen LogP contribution < -0.4 is 0 Å². The molecular weight excluding hydrogens is 759 g/mol. The second kappa shape index (κ2) is 16.8. The van der Waals surface area contributed by atoms with Gasteiger partial charge in [-0.05, 0) is 48.2 Å². The average Bonchev–Trinajstić information content (AvgIpc) is 3.35. The molecule has 3 heterocycles. The molecule has 10 aromatic rings. The van der Waals surface area contributed by atoms with Gasteiger partial charge in [-0.3, -0.25) is 4.98 Å². The molecule has 7 nitrogen and oxygen atoms in total. The maximum absolute atomic E-state index is 5.15. The van der Waals surface area contributed by atoms with E-state index in [-0.39, 0.29) is 0 Å². The molecule has 7 aromatic carbocycles. The van der Waals surface area contributed by atoms with Gasteiger partial charge in [0.2, 0.25) is 0 Å². The summed E-state index contributed by atoms with van der Waals surface area (Å²) in [5.41, 5.74) is 13.7. The van der Waals surface area contributed by atoms with E-state index >= 15 is 0 Å². The van der Waals surface area contributed by atoms with Crippen LogP contribution in [0.15, 0.2) is 200 Å². The van der Waals surface area contributed by atoms with E-state index in [9.17, 15) is 0 Å². The van der Waals surface area contributed by atoms with Crippen molar-refractivity contribution in [3.05, 3.63) is 211 Å². The second-order valence-corrected chi connectivity index (χ2v) is 15.1. The molecular formula is C55H39N7. The van der Waals surface area contributed by atoms with Gasteiger partial charge in [-0.15, -0.1) is 0 Å². The topological polar surface area (TPSA) is 90.2 Å². The predicted molar refractivity (Wildman–Crippen MR) is 249 cm³/mol. The number of aromatic nitrogens is 7. The number of hydrogen-bond donors (Lipinski definition) is 0. The number of pyridine rings is 1. The van der Waals surface area contributed by atoms with Crippen LogP contribution in [0.4, 0.5) is 0 Å². The fraction of sp³-hybridized carbons (Fsp3) is 0.0364. The lowest BCUT2D eigenvalue weighted by Crippen LogP contribution is -2.01. The molecule has 0 fully saturated rings. The van der Waals surface area contributed by atoms with Crippen molar-refractivity contribution >= 4 is 0 Å².